The summed E-state index contributed by atoms with van der Waals surface area (Å²) in [6, 6.07) is 16.1. The molecule has 2 aliphatic rings. The molecule has 0 aliphatic carbocycles. The molecule has 6 N–H and O–H groups in total. The van der Waals surface area contributed by atoms with Crippen LogP contribution < -0.4 is 26.7 Å². The number of carbonyl (C=O) groups is 1. The smallest absolute Gasteiger partial charge is 0.408 e. The van der Waals surface area contributed by atoms with E-state index >= 15 is 0 Å². The number of halogens is 3. The first-order chi connectivity index (χ1) is 18.0. The van der Waals surface area contributed by atoms with E-state index in [2.05, 4.69) is 5.48 Å². The highest BCUT2D eigenvalue weighted by atomic mass is 19.4. The van der Waals surface area contributed by atoms with Crippen molar-refractivity contribution in [3.63, 3.8) is 0 Å². The molecule has 1 fully saturated rings. The molecule has 0 amide bonds. The number of hydroxylamine groups is 1. The van der Waals surface area contributed by atoms with E-state index < -0.39 is 23.3 Å². The average Bonchev–Trinajstić information content (AvgIpc) is 3.12. The number of nitrogen functional groups attached to an aromatic ring is 2. The molecule has 1 unspecified atom stereocenters. The first kappa shape index (κ1) is 25.9. The fraction of sp³-hybridized carbons (Fsp3) is 0.321. The summed E-state index contributed by atoms with van der Waals surface area (Å²) in [5.41, 5.74) is 16.3. The monoisotopic (exact) mass is 526 g/mol. The molecule has 38 heavy (non-hydrogen) atoms. The van der Waals surface area contributed by atoms with Gasteiger partial charge in [-0.05, 0) is 65.6 Å². The number of fused-ring (bicyclic) bond motifs is 1. The van der Waals surface area contributed by atoms with Crippen LogP contribution in [-0.2, 0) is 17.4 Å². The Balaban J connectivity index is 1.30. The second-order valence-corrected chi connectivity index (χ2v) is 9.95. The molecule has 0 radical (unpaired) electrons. The van der Waals surface area contributed by atoms with Gasteiger partial charge in [-0.15, -0.1) is 0 Å². The number of anilines is 3. The van der Waals surface area contributed by atoms with Crippen LogP contribution in [0.4, 0.5) is 30.2 Å². The lowest BCUT2D eigenvalue weighted by molar-refractivity contribution is -0.144. The summed E-state index contributed by atoms with van der Waals surface area (Å²) in [5, 5.41) is 11.3. The van der Waals surface area contributed by atoms with Crippen LogP contribution >= 0.6 is 0 Å². The number of aliphatic hydroxyl groups is 1. The number of benzene rings is 3. The Kier molecular flexibility index (Phi) is 6.70. The zero-order chi connectivity index (χ0) is 27.1. The summed E-state index contributed by atoms with van der Waals surface area (Å²) in [5.74, 6) is -0.251. The van der Waals surface area contributed by atoms with Crippen LogP contribution in [0.15, 0.2) is 60.7 Å². The van der Waals surface area contributed by atoms with Crippen molar-refractivity contribution in [2.45, 2.75) is 31.0 Å². The first-order valence-electron chi connectivity index (χ1n) is 12.4. The van der Waals surface area contributed by atoms with Crippen molar-refractivity contribution in [1.82, 2.24) is 5.48 Å². The number of hydrogen-bond acceptors (Lipinski definition) is 7. The number of rotatable bonds is 4. The Morgan fingerprint density at radius 1 is 1.00 bits per heavy atom. The number of carbonyl (C=O) groups excluding carboxylic acids is 1. The molecule has 200 valence electrons. The maximum atomic E-state index is 13.6. The maximum absolute atomic E-state index is 13.6. The molecule has 1 saturated heterocycles. The van der Waals surface area contributed by atoms with E-state index in [0.717, 1.165) is 28.8 Å². The third-order valence-corrected chi connectivity index (χ3v) is 7.42. The van der Waals surface area contributed by atoms with Crippen molar-refractivity contribution in [2.24, 2.45) is 5.92 Å². The molecular weight excluding hydrogens is 497 g/mol. The van der Waals surface area contributed by atoms with E-state index in [-0.39, 0.29) is 38.3 Å². The van der Waals surface area contributed by atoms with Gasteiger partial charge in [0.15, 0.2) is 5.78 Å². The molecule has 7 nitrogen and oxygen atoms in total. The van der Waals surface area contributed by atoms with E-state index in [1.165, 1.54) is 6.07 Å². The maximum Gasteiger partial charge on any atom is 0.416 e. The van der Waals surface area contributed by atoms with Gasteiger partial charge >= 0.3 is 6.18 Å². The molecule has 3 aromatic carbocycles. The molecule has 5 rings (SSSR count). The van der Waals surface area contributed by atoms with Crippen molar-refractivity contribution in [1.29, 1.82) is 0 Å². The van der Waals surface area contributed by atoms with Crippen LogP contribution in [0.2, 0.25) is 0 Å². The molecule has 1 atom stereocenters. The highest BCUT2D eigenvalue weighted by Crippen LogP contribution is 2.36. The third-order valence-electron chi connectivity index (χ3n) is 7.42. The standard InChI is InChI=1S/C28H29F3N4O3/c29-28(30,31)21-2-1-3-22(15-21)35-10-8-27(37,9-11-35)26(36)20-13-19-12-17(5-7-25(19)38-34-16-20)18-4-6-23(32)24(33)14-18/h1-7,12,14-15,20,34,37H,8-11,13,16,32-33H2. The van der Waals surface area contributed by atoms with Gasteiger partial charge in [0.05, 0.1) is 16.9 Å². The zero-order valence-corrected chi connectivity index (χ0v) is 20.6. The van der Waals surface area contributed by atoms with Crippen molar-refractivity contribution in [3.8, 4) is 16.9 Å². The van der Waals surface area contributed by atoms with Crippen molar-refractivity contribution >= 4 is 22.8 Å². The predicted octanol–water partition coefficient (Wildman–Crippen LogP) is 4.19. The quantitative estimate of drug-likeness (QED) is 0.377. The number of nitrogens with two attached hydrogens (primary N) is 2. The van der Waals surface area contributed by atoms with E-state index in [0.29, 0.717) is 29.2 Å². The minimum Gasteiger partial charge on any atom is -0.408 e. The zero-order valence-electron chi connectivity index (χ0n) is 20.6. The number of piperidine rings is 1. The Bertz CT molecular complexity index is 1350. The largest absolute Gasteiger partial charge is 0.416 e. The molecule has 0 saturated carbocycles. The summed E-state index contributed by atoms with van der Waals surface area (Å²) < 4.78 is 39.4. The highest BCUT2D eigenvalue weighted by Gasteiger charge is 2.43. The van der Waals surface area contributed by atoms with Crippen LogP contribution in [0.3, 0.4) is 0 Å². The van der Waals surface area contributed by atoms with E-state index in [1.807, 2.05) is 24.3 Å². The SMILES string of the molecule is Nc1ccc(-c2ccc3c(c2)CC(C(=O)C2(O)CCN(c4cccc(C(F)(F)F)c4)CC2)CNO3)cc1N. The molecule has 10 heteroatoms. The summed E-state index contributed by atoms with van der Waals surface area (Å²) >= 11 is 0. The van der Waals surface area contributed by atoms with Gasteiger partial charge in [0, 0.05) is 44.1 Å². The summed E-state index contributed by atoms with van der Waals surface area (Å²) in [6.45, 7) is 0.746. The number of alkyl halides is 3. The Hall–Kier alpha value is -3.76. The van der Waals surface area contributed by atoms with Gasteiger partial charge in [-0.3, -0.25) is 4.79 Å². The lowest BCUT2D eigenvalue weighted by Crippen LogP contribution is -2.53. The second-order valence-electron chi connectivity index (χ2n) is 9.95. The van der Waals surface area contributed by atoms with Gasteiger partial charge in [-0.25, -0.2) is 0 Å². The highest BCUT2D eigenvalue weighted by molar-refractivity contribution is 5.90. The molecule has 0 aromatic heterocycles. The van der Waals surface area contributed by atoms with Crippen LogP contribution in [0.25, 0.3) is 11.1 Å². The minimum absolute atomic E-state index is 0.122. The Labute approximate surface area is 218 Å². The topological polar surface area (TPSA) is 114 Å². The molecule has 3 aromatic rings. The Morgan fingerprint density at radius 3 is 2.42 bits per heavy atom. The average molecular weight is 527 g/mol. The van der Waals surface area contributed by atoms with E-state index in [9.17, 15) is 23.1 Å². The number of nitrogens with zero attached hydrogens (tertiary/aromatic N) is 1. The van der Waals surface area contributed by atoms with Gasteiger partial charge in [0.2, 0.25) is 0 Å². The van der Waals surface area contributed by atoms with Crippen molar-refractivity contribution in [2.75, 3.05) is 36.0 Å². The lowest BCUT2D eigenvalue weighted by atomic mass is 9.79. The minimum atomic E-state index is -4.44. The van der Waals surface area contributed by atoms with Crippen molar-refractivity contribution < 1.29 is 27.9 Å². The van der Waals surface area contributed by atoms with Gasteiger partial charge < -0.3 is 26.3 Å². The summed E-state index contributed by atoms with van der Waals surface area (Å²) in [6.07, 6.45) is -3.83. The third kappa shape index (κ3) is 5.14. The number of nitrogens with one attached hydrogen (secondary N) is 1. The first-order valence-corrected chi connectivity index (χ1v) is 12.4. The van der Waals surface area contributed by atoms with Crippen LogP contribution in [0.1, 0.15) is 24.0 Å². The van der Waals surface area contributed by atoms with Crippen molar-refractivity contribution in [3.05, 3.63) is 71.8 Å². The molecule has 2 aliphatic heterocycles. The van der Waals surface area contributed by atoms with Gasteiger partial charge in [-0.1, -0.05) is 18.2 Å². The molecule has 2 heterocycles. The predicted molar refractivity (Wildman–Crippen MR) is 139 cm³/mol. The number of ketones is 1. The number of hydrogen-bond donors (Lipinski definition) is 4. The molecular formula is C28H29F3N4O3. The summed E-state index contributed by atoms with van der Waals surface area (Å²) in [4.78, 5) is 21.0. The van der Waals surface area contributed by atoms with E-state index in [1.54, 1.807) is 23.1 Å². The van der Waals surface area contributed by atoms with Crippen LogP contribution in [-0.4, -0.2) is 36.1 Å². The van der Waals surface area contributed by atoms with Gasteiger partial charge in [-0.2, -0.15) is 18.7 Å². The van der Waals surface area contributed by atoms with E-state index in [4.69, 9.17) is 16.3 Å². The molecule has 0 bridgehead atoms. The summed E-state index contributed by atoms with van der Waals surface area (Å²) in [7, 11) is 0. The van der Waals surface area contributed by atoms with Gasteiger partial charge in [0.1, 0.15) is 11.4 Å². The number of Topliss-reactive ketones (excluding diaryl/α,β-unsaturated/α-hetero) is 1. The Morgan fingerprint density at radius 2 is 1.71 bits per heavy atom. The fourth-order valence-corrected chi connectivity index (χ4v) is 5.16. The van der Waals surface area contributed by atoms with Crippen LogP contribution in [0.5, 0.6) is 5.75 Å². The lowest BCUT2D eigenvalue weighted by Gasteiger charge is -2.39. The van der Waals surface area contributed by atoms with Gasteiger partial charge in [0.25, 0.3) is 0 Å². The van der Waals surface area contributed by atoms with Crippen LogP contribution in [0, 0.1) is 5.92 Å². The fourth-order valence-electron chi connectivity index (χ4n) is 5.16. The second kappa shape index (κ2) is 9.85. The normalized spacial score (nSPS) is 19.3. The molecule has 0 spiro atoms.